The van der Waals surface area contributed by atoms with Crippen molar-refractivity contribution in [2.24, 2.45) is 4.99 Å². The maximum absolute atomic E-state index is 13.2. The summed E-state index contributed by atoms with van der Waals surface area (Å²) in [4.78, 5) is 42.2. The molecular weight excluding hydrogens is 414 g/mol. The third-order valence-electron chi connectivity index (χ3n) is 4.42. The van der Waals surface area contributed by atoms with Crippen LogP contribution in [0.5, 0.6) is 0 Å². The quantitative estimate of drug-likeness (QED) is 0.334. The normalized spacial score (nSPS) is 16.1. The highest BCUT2D eigenvalue weighted by atomic mass is 32.2. The highest BCUT2D eigenvalue weighted by Gasteiger charge is 2.35. The molecular formula is C23H15N3O4S. The summed E-state index contributed by atoms with van der Waals surface area (Å²) in [6, 6.07) is 23.5. The van der Waals surface area contributed by atoms with E-state index < -0.39 is 10.8 Å². The highest BCUT2D eigenvalue weighted by molar-refractivity contribution is 8.19. The van der Waals surface area contributed by atoms with Crippen molar-refractivity contribution < 1.29 is 14.5 Å². The fraction of sp³-hybridized carbons (Fsp3) is 0. The van der Waals surface area contributed by atoms with Crippen LogP contribution in [-0.4, -0.2) is 21.9 Å². The van der Waals surface area contributed by atoms with Crippen LogP contribution in [0.1, 0.15) is 15.9 Å². The Labute approximate surface area is 181 Å². The predicted octanol–water partition coefficient (Wildman–Crippen LogP) is 4.91. The van der Waals surface area contributed by atoms with Crippen molar-refractivity contribution in [1.29, 1.82) is 0 Å². The van der Waals surface area contributed by atoms with Gasteiger partial charge in [0, 0.05) is 17.7 Å². The molecule has 1 saturated heterocycles. The van der Waals surface area contributed by atoms with Gasteiger partial charge in [-0.2, -0.15) is 4.99 Å². The molecule has 1 fully saturated rings. The van der Waals surface area contributed by atoms with Gasteiger partial charge < -0.3 is 0 Å². The lowest BCUT2D eigenvalue weighted by atomic mass is 10.2. The molecule has 0 aliphatic carbocycles. The van der Waals surface area contributed by atoms with E-state index in [1.165, 1.54) is 17.0 Å². The van der Waals surface area contributed by atoms with E-state index in [0.717, 1.165) is 11.8 Å². The van der Waals surface area contributed by atoms with E-state index in [4.69, 9.17) is 0 Å². The number of anilines is 1. The van der Waals surface area contributed by atoms with Crippen molar-refractivity contribution in [2.75, 3.05) is 4.90 Å². The summed E-state index contributed by atoms with van der Waals surface area (Å²) < 4.78 is 0. The molecule has 8 heteroatoms. The van der Waals surface area contributed by atoms with E-state index in [9.17, 15) is 19.7 Å². The second kappa shape index (κ2) is 8.76. The minimum Gasteiger partial charge on any atom is -0.268 e. The van der Waals surface area contributed by atoms with Gasteiger partial charge in [0.05, 0.1) is 15.5 Å². The van der Waals surface area contributed by atoms with Crippen molar-refractivity contribution in [3.63, 3.8) is 0 Å². The van der Waals surface area contributed by atoms with Gasteiger partial charge in [-0.15, -0.1) is 0 Å². The number of rotatable bonds is 4. The van der Waals surface area contributed by atoms with Gasteiger partial charge in [0.25, 0.3) is 17.5 Å². The number of hydrogen-bond donors (Lipinski definition) is 0. The van der Waals surface area contributed by atoms with Crippen LogP contribution in [0.4, 0.5) is 11.4 Å². The number of nitro benzene ring substituents is 1. The second-order valence-electron chi connectivity index (χ2n) is 6.50. The van der Waals surface area contributed by atoms with Gasteiger partial charge in [-0.1, -0.05) is 48.5 Å². The van der Waals surface area contributed by atoms with Gasteiger partial charge >= 0.3 is 0 Å². The summed E-state index contributed by atoms with van der Waals surface area (Å²) in [7, 11) is 0. The van der Waals surface area contributed by atoms with Crippen LogP contribution in [0.2, 0.25) is 0 Å². The Bertz CT molecular complexity index is 1220. The van der Waals surface area contributed by atoms with Crippen molar-refractivity contribution in [3.05, 3.63) is 111 Å². The highest BCUT2D eigenvalue weighted by Crippen LogP contribution is 2.36. The van der Waals surface area contributed by atoms with E-state index in [-0.39, 0.29) is 16.8 Å². The molecule has 0 saturated carbocycles. The van der Waals surface area contributed by atoms with E-state index in [0.29, 0.717) is 21.7 Å². The Morgan fingerprint density at radius 2 is 1.65 bits per heavy atom. The Hall–Kier alpha value is -4.04. The molecule has 4 rings (SSSR count). The van der Waals surface area contributed by atoms with Gasteiger partial charge in [-0.05, 0) is 47.7 Å². The van der Waals surface area contributed by atoms with Gasteiger partial charge in [0.1, 0.15) is 0 Å². The number of nitrogens with zero attached hydrogens (tertiary/aromatic N) is 3. The minimum absolute atomic E-state index is 0.0714. The average molecular weight is 429 g/mol. The minimum atomic E-state index is -0.493. The summed E-state index contributed by atoms with van der Waals surface area (Å²) >= 11 is 1.05. The summed E-state index contributed by atoms with van der Waals surface area (Å²) in [6.07, 6.45) is 1.56. The molecule has 0 aromatic heterocycles. The molecule has 31 heavy (non-hydrogen) atoms. The first-order chi connectivity index (χ1) is 15.0. The molecule has 0 spiro atoms. The Morgan fingerprint density at radius 3 is 2.32 bits per heavy atom. The maximum Gasteiger partial charge on any atom is 0.279 e. The molecule has 2 amide bonds. The summed E-state index contributed by atoms with van der Waals surface area (Å²) in [6.45, 7) is 0. The predicted molar refractivity (Wildman–Crippen MR) is 121 cm³/mol. The lowest BCUT2D eigenvalue weighted by Crippen LogP contribution is -2.29. The Kier molecular flexibility index (Phi) is 5.72. The molecule has 1 aliphatic rings. The van der Waals surface area contributed by atoms with E-state index >= 15 is 0 Å². The molecule has 0 radical (unpaired) electrons. The number of aliphatic imine (C=N–C) groups is 1. The monoisotopic (exact) mass is 429 g/mol. The number of amidine groups is 1. The lowest BCUT2D eigenvalue weighted by molar-refractivity contribution is -0.384. The smallest absolute Gasteiger partial charge is 0.268 e. The third-order valence-corrected chi connectivity index (χ3v) is 5.39. The summed E-state index contributed by atoms with van der Waals surface area (Å²) in [5.74, 6) is -0.823. The molecule has 0 unspecified atom stereocenters. The first kappa shape index (κ1) is 20.2. The van der Waals surface area contributed by atoms with Gasteiger partial charge in [0.2, 0.25) is 0 Å². The summed E-state index contributed by atoms with van der Waals surface area (Å²) in [5.41, 5.74) is 1.42. The van der Waals surface area contributed by atoms with Crippen molar-refractivity contribution in [2.45, 2.75) is 0 Å². The number of carbonyl (C=O) groups excluding carboxylic acids is 2. The zero-order chi connectivity index (χ0) is 21.8. The SMILES string of the molecule is O=C(N=C1S/C(=C\c2cccc([N+](=O)[O-])c2)C(=O)N1c1ccccc1)c1ccccc1. The van der Waals surface area contributed by atoms with Crippen molar-refractivity contribution in [1.82, 2.24) is 0 Å². The molecule has 3 aromatic carbocycles. The Balaban J connectivity index is 1.74. The fourth-order valence-corrected chi connectivity index (χ4v) is 3.94. The largest absolute Gasteiger partial charge is 0.279 e. The first-order valence-corrected chi connectivity index (χ1v) is 10.1. The van der Waals surface area contributed by atoms with Crippen molar-refractivity contribution >= 4 is 46.2 Å². The molecule has 7 nitrogen and oxygen atoms in total. The van der Waals surface area contributed by atoms with Crippen LogP contribution >= 0.6 is 11.8 Å². The molecule has 1 heterocycles. The fourth-order valence-electron chi connectivity index (χ4n) is 2.97. The van der Waals surface area contributed by atoms with Crippen LogP contribution in [0.25, 0.3) is 6.08 Å². The van der Waals surface area contributed by atoms with Gasteiger partial charge in [-0.25, -0.2) is 0 Å². The number of hydrogen-bond acceptors (Lipinski definition) is 5. The maximum atomic E-state index is 13.2. The molecule has 0 bridgehead atoms. The van der Waals surface area contributed by atoms with Gasteiger partial charge in [-0.3, -0.25) is 24.6 Å². The number of benzene rings is 3. The van der Waals surface area contributed by atoms with Crippen LogP contribution in [0, 0.1) is 10.1 Å². The molecule has 152 valence electrons. The number of non-ortho nitro benzene ring substituents is 1. The number of amides is 2. The number of thioether (sulfide) groups is 1. The van der Waals surface area contributed by atoms with Crippen molar-refractivity contribution in [3.8, 4) is 0 Å². The molecule has 0 atom stereocenters. The first-order valence-electron chi connectivity index (χ1n) is 9.24. The number of carbonyl (C=O) groups is 2. The molecule has 0 N–H and O–H groups in total. The zero-order valence-electron chi connectivity index (χ0n) is 16.0. The third kappa shape index (κ3) is 4.44. The summed E-state index contributed by atoms with van der Waals surface area (Å²) in [5, 5.41) is 11.3. The van der Waals surface area contributed by atoms with Crippen LogP contribution in [0.15, 0.2) is 94.8 Å². The van der Waals surface area contributed by atoms with Crippen LogP contribution in [-0.2, 0) is 4.79 Å². The van der Waals surface area contributed by atoms with E-state index in [1.807, 2.05) is 6.07 Å². The average Bonchev–Trinajstić information content (AvgIpc) is 3.09. The van der Waals surface area contributed by atoms with Crippen LogP contribution in [0.3, 0.4) is 0 Å². The van der Waals surface area contributed by atoms with E-state index in [2.05, 4.69) is 4.99 Å². The van der Waals surface area contributed by atoms with E-state index in [1.54, 1.807) is 72.8 Å². The molecule has 1 aliphatic heterocycles. The lowest BCUT2D eigenvalue weighted by Gasteiger charge is -2.15. The number of nitro groups is 1. The topological polar surface area (TPSA) is 92.9 Å². The Morgan fingerprint density at radius 1 is 0.968 bits per heavy atom. The standard InChI is InChI=1S/C23H15N3O4S/c27-21(17-9-3-1-4-10-17)24-23-25(18-11-5-2-6-12-18)22(28)20(31-23)15-16-8-7-13-19(14-16)26(29)30/h1-15H/b20-15-,24-23?. The number of para-hydroxylation sites is 1. The second-order valence-corrected chi connectivity index (χ2v) is 7.51. The van der Waals surface area contributed by atoms with Gasteiger partial charge in [0.15, 0.2) is 5.17 Å². The zero-order valence-corrected chi connectivity index (χ0v) is 16.9. The van der Waals surface area contributed by atoms with Crippen LogP contribution < -0.4 is 4.90 Å². The molecule has 3 aromatic rings.